The fourth-order valence-corrected chi connectivity index (χ4v) is 3.71. The number of fused-ring (bicyclic) bond motifs is 1. The lowest BCUT2D eigenvalue weighted by atomic mass is 9.99. The van der Waals surface area contributed by atoms with Crippen molar-refractivity contribution in [2.24, 2.45) is 5.73 Å². The van der Waals surface area contributed by atoms with Gasteiger partial charge in [-0.15, -0.1) is 0 Å². The Bertz CT molecular complexity index is 1140. The Morgan fingerprint density at radius 1 is 0.938 bits per heavy atom. The molecule has 1 amide bonds. The van der Waals surface area contributed by atoms with Crippen LogP contribution in [0, 0.1) is 0 Å². The summed E-state index contributed by atoms with van der Waals surface area (Å²) in [4.78, 5) is 13.2. The van der Waals surface area contributed by atoms with E-state index in [9.17, 15) is 4.79 Å². The number of hydrogen-bond donors (Lipinski definition) is 3. The molecule has 164 valence electrons. The highest BCUT2D eigenvalue weighted by Gasteiger charge is 2.30. The lowest BCUT2D eigenvalue weighted by Crippen LogP contribution is -2.10. The largest absolute Gasteiger partial charge is 0.490 e. The highest BCUT2D eigenvalue weighted by atomic mass is 16.5. The molecule has 0 aromatic heterocycles. The molecule has 3 aromatic carbocycles. The first-order valence-corrected chi connectivity index (χ1v) is 10.8. The smallest absolute Gasteiger partial charge is 0.258 e. The van der Waals surface area contributed by atoms with Gasteiger partial charge in [0, 0.05) is 23.9 Å². The number of hydrogen-bond acceptors (Lipinski definition) is 5. The molecular weight excluding hydrogens is 402 g/mol. The minimum Gasteiger partial charge on any atom is -0.490 e. The van der Waals surface area contributed by atoms with Gasteiger partial charge in [-0.05, 0) is 43.2 Å². The molecule has 0 unspecified atom stereocenters. The molecule has 0 aliphatic carbocycles. The number of anilines is 2. The summed E-state index contributed by atoms with van der Waals surface area (Å²) in [6, 6.07) is 21.4. The minimum absolute atomic E-state index is 0.180. The maximum absolute atomic E-state index is 13.2. The van der Waals surface area contributed by atoms with Crippen LogP contribution in [0.3, 0.4) is 0 Å². The standard InChI is InChI=1S/C26H27N3O3/c1-3-31-22-14-20-21(15-23(22)32-4-2)29-26(30)24(20)25(18-8-6-5-7-9-18)28-19-12-10-17(16-27)11-13-19/h5-15,28H,3-4,16,27H2,1-2H3,(H,29,30)/b25-24-. The third-order valence-corrected chi connectivity index (χ3v) is 5.20. The van der Waals surface area contributed by atoms with Crippen LogP contribution in [0.4, 0.5) is 11.4 Å². The highest BCUT2D eigenvalue weighted by molar-refractivity contribution is 6.37. The van der Waals surface area contributed by atoms with E-state index in [0.717, 1.165) is 22.4 Å². The highest BCUT2D eigenvalue weighted by Crippen LogP contribution is 2.43. The molecule has 0 bridgehead atoms. The van der Waals surface area contributed by atoms with E-state index in [1.165, 1.54) is 0 Å². The fourth-order valence-electron chi connectivity index (χ4n) is 3.71. The van der Waals surface area contributed by atoms with Crippen molar-refractivity contribution in [2.45, 2.75) is 20.4 Å². The van der Waals surface area contributed by atoms with Crippen molar-refractivity contribution >= 4 is 28.6 Å². The summed E-state index contributed by atoms with van der Waals surface area (Å²) in [5, 5.41) is 6.44. The number of rotatable bonds is 8. The molecule has 3 aromatic rings. The van der Waals surface area contributed by atoms with E-state index in [2.05, 4.69) is 10.6 Å². The summed E-state index contributed by atoms with van der Waals surface area (Å²) < 4.78 is 11.5. The van der Waals surface area contributed by atoms with Gasteiger partial charge in [0.1, 0.15) is 0 Å². The van der Waals surface area contributed by atoms with Crippen LogP contribution >= 0.6 is 0 Å². The van der Waals surface area contributed by atoms with Crippen molar-refractivity contribution < 1.29 is 14.3 Å². The average molecular weight is 430 g/mol. The predicted molar refractivity (Wildman–Crippen MR) is 129 cm³/mol. The van der Waals surface area contributed by atoms with Crippen LogP contribution in [-0.4, -0.2) is 19.1 Å². The first-order valence-electron chi connectivity index (χ1n) is 10.8. The van der Waals surface area contributed by atoms with E-state index in [1.54, 1.807) is 0 Å². The van der Waals surface area contributed by atoms with Crippen LogP contribution in [-0.2, 0) is 11.3 Å². The summed E-state index contributed by atoms with van der Waals surface area (Å²) in [6.45, 7) is 5.32. The van der Waals surface area contributed by atoms with Crippen LogP contribution < -0.4 is 25.8 Å². The lowest BCUT2D eigenvalue weighted by Gasteiger charge is -2.16. The number of benzene rings is 3. The molecule has 1 heterocycles. The van der Waals surface area contributed by atoms with Gasteiger partial charge >= 0.3 is 0 Å². The van der Waals surface area contributed by atoms with Gasteiger partial charge in [-0.2, -0.15) is 0 Å². The van der Waals surface area contributed by atoms with E-state index in [4.69, 9.17) is 15.2 Å². The number of amides is 1. The molecule has 32 heavy (non-hydrogen) atoms. The van der Waals surface area contributed by atoms with E-state index >= 15 is 0 Å². The molecule has 0 fully saturated rings. The number of carbonyl (C=O) groups excluding carboxylic acids is 1. The SMILES string of the molecule is CCOc1cc2c(cc1OCC)/C(=C(/Nc1ccc(CN)cc1)c1ccccc1)C(=O)N2. The average Bonchev–Trinajstić information content (AvgIpc) is 3.13. The molecule has 4 N–H and O–H groups in total. The molecule has 0 saturated heterocycles. The lowest BCUT2D eigenvalue weighted by molar-refractivity contribution is -0.110. The Labute approximate surface area is 188 Å². The second kappa shape index (κ2) is 9.58. The number of nitrogens with two attached hydrogens (primary N) is 1. The molecule has 6 heteroatoms. The quantitative estimate of drug-likeness (QED) is 0.445. The summed E-state index contributed by atoms with van der Waals surface area (Å²) in [7, 11) is 0. The van der Waals surface area contributed by atoms with Gasteiger partial charge in [0.15, 0.2) is 11.5 Å². The molecule has 6 nitrogen and oxygen atoms in total. The van der Waals surface area contributed by atoms with Gasteiger partial charge in [-0.3, -0.25) is 4.79 Å². The molecular formula is C26H27N3O3. The predicted octanol–water partition coefficient (Wildman–Crippen LogP) is 4.88. The van der Waals surface area contributed by atoms with Gasteiger partial charge in [0.25, 0.3) is 5.91 Å². The normalized spacial score (nSPS) is 13.9. The number of carbonyl (C=O) groups is 1. The fraction of sp³-hybridized carbons (Fsp3) is 0.192. The van der Waals surface area contributed by atoms with Gasteiger partial charge in [-0.25, -0.2) is 0 Å². The van der Waals surface area contributed by atoms with Crippen molar-refractivity contribution in [3.8, 4) is 11.5 Å². The van der Waals surface area contributed by atoms with Crippen LogP contribution in [0.5, 0.6) is 11.5 Å². The molecule has 0 radical (unpaired) electrons. The summed E-state index contributed by atoms with van der Waals surface area (Å²) in [5.41, 5.74) is 11.3. The second-order valence-corrected chi connectivity index (χ2v) is 7.31. The number of nitrogens with one attached hydrogen (secondary N) is 2. The Hall–Kier alpha value is -3.77. The minimum atomic E-state index is -0.180. The maximum Gasteiger partial charge on any atom is 0.258 e. The molecule has 1 aliphatic heterocycles. The maximum atomic E-state index is 13.2. The van der Waals surface area contributed by atoms with Crippen LogP contribution in [0.25, 0.3) is 11.3 Å². The summed E-state index contributed by atoms with van der Waals surface area (Å²) in [5.74, 6) is 1.05. The van der Waals surface area contributed by atoms with E-state index in [0.29, 0.717) is 48.2 Å². The molecule has 0 saturated carbocycles. The molecule has 0 atom stereocenters. The van der Waals surface area contributed by atoms with Gasteiger partial charge in [-0.1, -0.05) is 42.5 Å². The summed E-state index contributed by atoms with van der Waals surface area (Å²) in [6.07, 6.45) is 0. The van der Waals surface area contributed by atoms with Crippen molar-refractivity contribution in [2.75, 3.05) is 23.8 Å². The second-order valence-electron chi connectivity index (χ2n) is 7.31. The van der Waals surface area contributed by atoms with Crippen molar-refractivity contribution in [1.82, 2.24) is 0 Å². The van der Waals surface area contributed by atoms with Gasteiger partial charge in [0.2, 0.25) is 0 Å². The van der Waals surface area contributed by atoms with E-state index < -0.39 is 0 Å². The van der Waals surface area contributed by atoms with Crippen molar-refractivity contribution in [1.29, 1.82) is 0 Å². The zero-order valence-corrected chi connectivity index (χ0v) is 18.3. The van der Waals surface area contributed by atoms with E-state index in [1.807, 2.05) is 80.6 Å². The van der Waals surface area contributed by atoms with Gasteiger partial charge < -0.3 is 25.8 Å². The van der Waals surface area contributed by atoms with Crippen LogP contribution in [0.15, 0.2) is 66.7 Å². The third-order valence-electron chi connectivity index (χ3n) is 5.20. The monoisotopic (exact) mass is 429 g/mol. The zero-order chi connectivity index (χ0) is 22.5. The Balaban J connectivity index is 1.87. The summed E-state index contributed by atoms with van der Waals surface area (Å²) >= 11 is 0. The Kier molecular flexibility index (Phi) is 6.42. The van der Waals surface area contributed by atoms with Gasteiger partial charge in [0.05, 0.1) is 30.2 Å². The topological polar surface area (TPSA) is 85.6 Å². The van der Waals surface area contributed by atoms with Crippen LogP contribution in [0.2, 0.25) is 0 Å². The molecule has 1 aliphatic rings. The first kappa shape index (κ1) is 21.5. The zero-order valence-electron chi connectivity index (χ0n) is 18.3. The Morgan fingerprint density at radius 2 is 1.59 bits per heavy atom. The molecule has 0 spiro atoms. The third kappa shape index (κ3) is 4.31. The van der Waals surface area contributed by atoms with E-state index in [-0.39, 0.29) is 5.91 Å². The molecule has 4 rings (SSSR count). The Morgan fingerprint density at radius 3 is 2.22 bits per heavy atom. The van der Waals surface area contributed by atoms with Crippen LogP contribution in [0.1, 0.15) is 30.5 Å². The van der Waals surface area contributed by atoms with Crippen molar-refractivity contribution in [3.05, 3.63) is 83.4 Å². The first-order chi connectivity index (χ1) is 15.6. The number of ether oxygens (including phenoxy) is 2. The van der Waals surface area contributed by atoms with Crippen molar-refractivity contribution in [3.63, 3.8) is 0 Å².